The Morgan fingerprint density at radius 3 is 2.70 bits per heavy atom. The zero-order valence-electron chi connectivity index (χ0n) is 9.84. The molecule has 0 spiro atoms. The fourth-order valence-electron chi connectivity index (χ4n) is 1.52. The smallest absolute Gasteiger partial charge is 0.188 e. The Kier molecular flexibility index (Phi) is 5.23. The van der Waals surface area contributed by atoms with Gasteiger partial charge in [0.25, 0.3) is 0 Å². The van der Waals surface area contributed by atoms with Crippen LogP contribution in [0, 0.1) is 0 Å². The third-order valence-electron chi connectivity index (χ3n) is 2.34. The summed E-state index contributed by atoms with van der Waals surface area (Å²) in [7, 11) is 0. The van der Waals surface area contributed by atoms with E-state index in [2.05, 4.69) is 15.3 Å². The third kappa shape index (κ3) is 3.42. The van der Waals surface area contributed by atoms with Gasteiger partial charge in [0.05, 0.1) is 10.0 Å². The normalized spacial score (nSPS) is 10.1. The van der Waals surface area contributed by atoms with Crippen LogP contribution in [0.3, 0.4) is 0 Å². The van der Waals surface area contributed by atoms with Crippen LogP contribution in [0.5, 0.6) is 0 Å². The largest absolute Gasteiger partial charge is 0.316 e. The summed E-state index contributed by atoms with van der Waals surface area (Å²) < 4.78 is 1.31. The van der Waals surface area contributed by atoms with Gasteiger partial charge in [-0.05, 0) is 18.2 Å². The highest BCUT2D eigenvalue weighted by Gasteiger charge is 2.12. The molecular weight excluding hydrogens is 357 g/mol. The molecule has 0 bridgehead atoms. The molecule has 0 saturated carbocycles. The van der Waals surface area contributed by atoms with Crippen molar-refractivity contribution < 1.29 is 0 Å². The second-order valence-electron chi connectivity index (χ2n) is 3.62. The summed E-state index contributed by atoms with van der Waals surface area (Å²) in [6, 6.07) is 7.49. The number of hydrogen-bond donors (Lipinski definition) is 1. The topological polar surface area (TPSA) is 37.8 Å². The predicted octanol–water partition coefficient (Wildman–Crippen LogP) is 5.74. The lowest BCUT2D eigenvalue weighted by Gasteiger charge is -1.99. The SMILES string of the molecule is Cl.Clc1cc(-c2csc(Nc3ccccn3)n2)c(Cl)s1. The van der Waals surface area contributed by atoms with Crippen molar-refractivity contribution in [2.45, 2.75) is 0 Å². The molecular formula is C12H8Cl3N3S2. The van der Waals surface area contributed by atoms with Gasteiger partial charge in [0.2, 0.25) is 0 Å². The Labute approximate surface area is 140 Å². The molecule has 0 aliphatic rings. The lowest BCUT2D eigenvalue weighted by molar-refractivity contribution is 1.29. The maximum absolute atomic E-state index is 6.11. The lowest BCUT2D eigenvalue weighted by atomic mass is 10.3. The minimum atomic E-state index is 0. The molecule has 0 aliphatic heterocycles. The molecule has 3 heterocycles. The fourth-order valence-corrected chi connectivity index (χ4v) is 3.71. The molecule has 3 rings (SSSR count). The summed E-state index contributed by atoms with van der Waals surface area (Å²) in [5.74, 6) is 0.762. The van der Waals surface area contributed by atoms with Crippen LogP contribution in [0.1, 0.15) is 0 Å². The molecule has 8 heteroatoms. The van der Waals surface area contributed by atoms with Crippen molar-refractivity contribution >= 4 is 69.2 Å². The summed E-state index contributed by atoms with van der Waals surface area (Å²) in [6.07, 6.45) is 1.73. The van der Waals surface area contributed by atoms with Crippen molar-refractivity contribution in [3.05, 3.63) is 44.5 Å². The summed E-state index contributed by atoms with van der Waals surface area (Å²) >= 11 is 14.9. The lowest BCUT2D eigenvalue weighted by Crippen LogP contribution is -1.91. The van der Waals surface area contributed by atoms with Gasteiger partial charge in [-0.1, -0.05) is 29.3 Å². The van der Waals surface area contributed by atoms with E-state index in [1.165, 1.54) is 22.7 Å². The van der Waals surface area contributed by atoms with Crippen LogP contribution in [-0.4, -0.2) is 9.97 Å². The number of anilines is 2. The molecule has 0 saturated heterocycles. The predicted molar refractivity (Wildman–Crippen MR) is 90.2 cm³/mol. The molecule has 0 amide bonds. The highest BCUT2D eigenvalue weighted by atomic mass is 35.5. The molecule has 0 aromatic carbocycles. The van der Waals surface area contributed by atoms with E-state index in [4.69, 9.17) is 23.2 Å². The summed E-state index contributed by atoms with van der Waals surface area (Å²) in [5.41, 5.74) is 1.68. The Hall–Kier alpha value is -0.850. The minimum Gasteiger partial charge on any atom is -0.316 e. The molecule has 0 aliphatic carbocycles. The van der Waals surface area contributed by atoms with E-state index in [-0.39, 0.29) is 12.4 Å². The Balaban J connectivity index is 0.00000147. The fraction of sp³-hybridized carbons (Fsp3) is 0. The number of thiazole rings is 1. The van der Waals surface area contributed by atoms with E-state index in [0.717, 1.165) is 22.2 Å². The molecule has 3 aromatic rings. The van der Waals surface area contributed by atoms with Gasteiger partial charge < -0.3 is 5.32 Å². The zero-order valence-corrected chi connectivity index (χ0v) is 13.8. The number of nitrogens with one attached hydrogen (secondary N) is 1. The number of rotatable bonds is 3. The zero-order chi connectivity index (χ0) is 13.2. The van der Waals surface area contributed by atoms with Crippen LogP contribution in [0.2, 0.25) is 8.67 Å². The van der Waals surface area contributed by atoms with Gasteiger partial charge in [-0.2, -0.15) is 0 Å². The first-order chi connectivity index (χ1) is 9.22. The molecule has 1 N–H and O–H groups in total. The average Bonchev–Trinajstić information content (AvgIpc) is 2.97. The number of nitrogens with zero attached hydrogens (tertiary/aromatic N) is 2. The van der Waals surface area contributed by atoms with Crippen LogP contribution in [0.15, 0.2) is 35.8 Å². The number of aromatic nitrogens is 2. The van der Waals surface area contributed by atoms with Crippen molar-refractivity contribution in [2.75, 3.05) is 5.32 Å². The van der Waals surface area contributed by atoms with Gasteiger partial charge >= 0.3 is 0 Å². The number of halogens is 3. The van der Waals surface area contributed by atoms with Crippen molar-refractivity contribution in [3.63, 3.8) is 0 Å². The first-order valence-corrected chi connectivity index (χ1v) is 7.76. The van der Waals surface area contributed by atoms with Gasteiger partial charge in [-0.15, -0.1) is 35.1 Å². The van der Waals surface area contributed by atoms with Gasteiger partial charge in [0.1, 0.15) is 10.2 Å². The van der Waals surface area contributed by atoms with E-state index in [1.54, 1.807) is 6.20 Å². The van der Waals surface area contributed by atoms with E-state index < -0.39 is 0 Å². The first kappa shape index (κ1) is 15.5. The van der Waals surface area contributed by atoms with Crippen LogP contribution in [-0.2, 0) is 0 Å². The van der Waals surface area contributed by atoms with E-state index >= 15 is 0 Å². The van der Waals surface area contributed by atoms with Gasteiger partial charge in [0, 0.05) is 17.1 Å². The van der Waals surface area contributed by atoms with Crippen molar-refractivity contribution in [3.8, 4) is 11.3 Å². The monoisotopic (exact) mass is 363 g/mol. The number of pyridine rings is 1. The first-order valence-electron chi connectivity index (χ1n) is 5.31. The summed E-state index contributed by atoms with van der Waals surface area (Å²) in [6.45, 7) is 0. The van der Waals surface area contributed by atoms with Crippen LogP contribution >= 0.6 is 58.3 Å². The summed E-state index contributed by atoms with van der Waals surface area (Å²) in [5, 5.41) is 5.85. The van der Waals surface area contributed by atoms with Crippen LogP contribution in [0.4, 0.5) is 10.9 Å². The maximum Gasteiger partial charge on any atom is 0.188 e. The molecule has 0 radical (unpaired) electrons. The van der Waals surface area contributed by atoms with Gasteiger partial charge in [-0.3, -0.25) is 0 Å². The number of thiophene rings is 1. The Morgan fingerprint density at radius 2 is 2.05 bits per heavy atom. The quantitative estimate of drug-likeness (QED) is 0.644. The third-order valence-corrected chi connectivity index (χ3v) is 4.58. The Morgan fingerprint density at radius 1 is 1.20 bits per heavy atom. The highest BCUT2D eigenvalue weighted by Crippen LogP contribution is 2.39. The van der Waals surface area contributed by atoms with Gasteiger partial charge in [-0.25, -0.2) is 9.97 Å². The molecule has 3 aromatic heterocycles. The Bertz CT molecular complexity index is 697. The number of hydrogen-bond acceptors (Lipinski definition) is 5. The van der Waals surface area contributed by atoms with Crippen molar-refractivity contribution in [2.24, 2.45) is 0 Å². The molecule has 3 nitrogen and oxygen atoms in total. The molecule has 104 valence electrons. The van der Waals surface area contributed by atoms with Crippen LogP contribution < -0.4 is 5.32 Å². The van der Waals surface area contributed by atoms with E-state index in [1.807, 2.05) is 29.6 Å². The minimum absolute atomic E-state index is 0. The summed E-state index contributed by atoms with van der Waals surface area (Å²) in [4.78, 5) is 8.67. The van der Waals surface area contributed by atoms with E-state index in [0.29, 0.717) is 8.67 Å². The molecule has 0 fully saturated rings. The second kappa shape index (κ2) is 6.74. The highest BCUT2D eigenvalue weighted by molar-refractivity contribution is 7.20. The molecule has 20 heavy (non-hydrogen) atoms. The molecule has 0 unspecified atom stereocenters. The maximum atomic E-state index is 6.11. The standard InChI is InChI=1S/C12H7Cl2N3S2.ClH/c13-9-5-7(11(14)19-9)8-6-18-12(16-8)17-10-3-1-2-4-15-10;/h1-6H,(H,15,16,17);1H. The average molecular weight is 365 g/mol. The van der Waals surface area contributed by atoms with E-state index in [9.17, 15) is 0 Å². The van der Waals surface area contributed by atoms with Crippen molar-refractivity contribution in [1.82, 2.24) is 9.97 Å². The van der Waals surface area contributed by atoms with Crippen LogP contribution in [0.25, 0.3) is 11.3 Å². The van der Waals surface area contributed by atoms with Crippen molar-refractivity contribution in [1.29, 1.82) is 0 Å². The van der Waals surface area contributed by atoms with Gasteiger partial charge in [0.15, 0.2) is 5.13 Å². The second-order valence-corrected chi connectivity index (χ2v) is 6.76. The molecule has 0 atom stereocenters.